The number of nitrogens with one attached hydrogen (secondary N) is 2. The first-order valence-electron chi connectivity index (χ1n) is 9.66. The summed E-state index contributed by atoms with van der Waals surface area (Å²) in [6.07, 6.45) is 0.265. The molecule has 152 valence electrons. The van der Waals surface area contributed by atoms with Crippen LogP contribution in [0.4, 0.5) is 0 Å². The fraction of sp³-hybridized carbons (Fsp3) is 0.476. The van der Waals surface area contributed by atoms with Gasteiger partial charge in [-0.1, -0.05) is 18.2 Å². The van der Waals surface area contributed by atoms with Crippen LogP contribution in [0.5, 0.6) is 5.75 Å². The van der Waals surface area contributed by atoms with Crippen LogP contribution in [0.1, 0.15) is 23.4 Å². The average Bonchev–Trinajstić information content (AvgIpc) is 3.25. The summed E-state index contributed by atoms with van der Waals surface area (Å²) >= 11 is 1.80. The summed E-state index contributed by atoms with van der Waals surface area (Å²) in [5, 5.41) is 9.03. The molecular formula is C21H30N4O2S. The van der Waals surface area contributed by atoms with E-state index in [0.717, 1.165) is 43.5 Å². The van der Waals surface area contributed by atoms with Crippen LogP contribution in [-0.2, 0) is 11.3 Å². The molecule has 1 saturated heterocycles. The van der Waals surface area contributed by atoms with E-state index >= 15 is 0 Å². The number of morpholine rings is 1. The maximum atomic E-state index is 5.72. The van der Waals surface area contributed by atoms with Gasteiger partial charge < -0.3 is 20.1 Å². The summed E-state index contributed by atoms with van der Waals surface area (Å²) in [6.45, 7) is 6.30. The quantitative estimate of drug-likeness (QED) is 0.551. The van der Waals surface area contributed by atoms with E-state index in [4.69, 9.17) is 9.47 Å². The van der Waals surface area contributed by atoms with Gasteiger partial charge in [0.2, 0.25) is 0 Å². The largest absolute Gasteiger partial charge is 0.497 e. The van der Waals surface area contributed by atoms with Gasteiger partial charge in [0.05, 0.1) is 25.9 Å². The number of guanidine groups is 1. The van der Waals surface area contributed by atoms with E-state index in [1.807, 2.05) is 18.2 Å². The van der Waals surface area contributed by atoms with Gasteiger partial charge in [0.15, 0.2) is 5.96 Å². The molecule has 7 heteroatoms. The molecule has 6 nitrogen and oxygen atoms in total. The van der Waals surface area contributed by atoms with Crippen LogP contribution in [-0.4, -0.2) is 57.4 Å². The molecule has 0 radical (unpaired) electrons. The number of benzene rings is 1. The van der Waals surface area contributed by atoms with E-state index in [1.165, 1.54) is 4.88 Å². The topological polar surface area (TPSA) is 58.1 Å². The maximum Gasteiger partial charge on any atom is 0.191 e. The Hall–Kier alpha value is -2.09. The van der Waals surface area contributed by atoms with E-state index in [9.17, 15) is 0 Å². The lowest BCUT2D eigenvalue weighted by atomic mass is 10.1. The van der Waals surface area contributed by atoms with Crippen LogP contribution in [0, 0.1) is 0 Å². The number of rotatable bonds is 7. The Morgan fingerprint density at radius 2 is 2.25 bits per heavy atom. The number of aliphatic imine (C=N–C) groups is 1. The lowest BCUT2D eigenvalue weighted by Crippen LogP contribution is -2.47. The van der Waals surface area contributed by atoms with Gasteiger partial charge in [-0.05, 0) is 36.1 Å². The summed E-state index contributed by atoms with van der Waals surface area (Å²) in [4.78, 5) is 8.25. The molecule has 0 aliphatic carbocycles. The van der Waals surface area contributed by atoms with Crippen LogP contribution < -0.4 is 15.4 Å². The van der Waals surface area contributed by atoms with Gasteiger partial charge in [0, 0.05) is 38.1 Å². The zero-order valence-electron chi connectivity index (χ0n) is 16.9. The second-order valence-corrected chi connectivity index (χ2v) is 7.85. The highest BCUT2D eigenvalue weighted by Crippen LogP contribution is 2.26. The van der Waals surface area contributed by atoms with Crippen LogP contribution in [0.2, 0.25) is 0 Å². The third-order valence-corrected chi connectivity index (χ3v) is 5.84. The Balaban J connectivity index is 1.59. The highest BCUT2D eigenvalue weighted by Gasteiger charge is 2.26. The highest BCUT2D eigenvalue weighted by molar-refractivity contribution is 7.10. The van der Waals surface area contributed by atoms with Gasteiger partial charge in [-0.2, -0.15) is 0 Å². The third-order valence-electron chi connectivity index (χ3n) is 4.87. The molecule has 0 bridgehead atoms. The summed E-state index contributed by atoms with van der Waals surface area (Å²) in [5.41, 5.74) is 1.15. The van der Waals surface area contributed by atoms with Gasteiger partial charge in [-0.25, -0.2) is 0 Å². The van der Waals surface area contributed by atoms with Crippen molar-refractivity contribution in [2.45, 2.75) is 25.6 Å². The SMILES string of the molecule is CN=C(NCc1cccc(OC)c1)NCC(c1cccs1)N1CCOC(C)C1. The van der Waals surface area contributed by atoms with Crippen LogP contribution in [0.25, 0.3) is 0 Å². The van der Waals surface area contributed by atoms with Crippen molar-refractivity contribution in [2.75, 3.05) is 40.4 Å². The summed E-state index contributed by atoms with van der Waals surface area (Å²) in [7, 11) is 3.49. The van der Waals surface area contributed by atoms with Crippen molar-refractivity contribution < 1.29 is 9.47 Å². The molecule has 1 aliphatic heterocycles. The lowest BCUT2D eigenvalue weighted by Gasteiger charge is -2.37. The fourth-order valence-electron chi connectivity index (χ4n) is 3.40. The van der Waals surface area contributed by atoms with E-state index in [0.29, 0.717) is 12.6 Å². The number of hydrogen-bond acceptors (Lipinski definition) is 5. The summed E-state index contributed by atoms with van der Waals surface area (Å²) in [5.74, 6) is 1.66. The second-order valence-electron chi connectivity index (χ2n) is 6.87. The van der Waals surface area contributed by atoms with E-state index < -0.39 is 0 Å². The smallest absolute Gasteiger partial charge is 0.191 e. The summed E-state index contributed by atoms with van der Waals surface area (Å²) in [6, 6.07) is 12.7. The molecule has 2 heterocycles. The summed E-state index contributed by atoms with van der Waals surface area (Å²) < 4.78 is 11.0. The number of hydrogen-bond donors (Lipinski definition) is 2. The molecule has 3 rings (SSSR count). The number of ether oxygens (including phenoxy) is 2. The van der Waals surface area contributed by atoms with Crippen molar-refractivity contribution in [2.24, 2.45) is 4.99 Å². The molecule has 0 saturated carbocycles. The maximum absolute atomic E-state index is 5.72. The van der Waals surface area contributed by atoms with Crippen LogP contribution in [0.15, 0.2) is 46.8 Å². The monoisotopic (exact) mass is 402 g/mol. The predicted molar refractivity (Wildman–Crippen MR) is 115 cm³/mol. The van der Waals surface area contributed by atoms with E-state index in [2.05, 4.69) is 51.0 Å². The molecule has 2 atom stereocenters. The molecular weight excluding hydrogens is 372 g/mol. The first-order chi connectivity index (χ1) is 13.7. The van der Waals surface area contributed by atoms with Gasteiger partial charge in [0.1, 0.15) is 5.75 Å². The molecule has 0 spiro atoms. The van der Waals surface area contributed by atoms with Crippen molar-refractivity contribution in [3.63, 3.8) is 0 Å². The average molecular weight is 403 g/mol. The Labute approximate surface area is 171 Å². The standard InChI is InChI=1S/C21H30N4O2S/c1-16-15-25(9-10-27-16)19(20-8-5-11-28-20)14-24-21(22-2)23-13-17-6-4-7-18(12-17)26-3/h4-8,11-12,16,19H,9-10,13-15H2,1-3H3,(H2,22,23,24). The zero-order chi connectivity index (χ0) is 19.8. The van der Waals surface area contributed by atoms with Crippen LogP contribution in [0.3, 0.4) is 0 Å². The minimum Gasteiger partial charge on any atom is -0.497 e. The molecule has 1 aromatic heterocycles. The van der Waals surface area contributed by atoms with Crippen molar-refractivity contribution in [3.05, 3.63) is 52.2 Å². The van der Waals surface area contributed by atoms with Crippen molar-refractivity contribution in [1.29, 1.82) is 0 Å². The molecule has 0 amide bonds. The van der Waals surface area contributed by atoms with Gasteiger partial charge in [0.25, 0.3) is 0 Å². The van der Waals surface area contributed by atoms with Gasteiger partial charge >= 0.3 is 0 Å². The fourth-order valence-corrected chi connectivity index (χ4v) is 4.26. The van der Waals surface area contributed by atoms with Gasteiger partial charge in [-0.15, -0.1) is 11.3 Å². The second kappa shape index (κ2) is 10.5. The Kier molecular flexibility index (Phi) is 7.71. The number of nitrogens with zero attached hydrogens (tertiary/aromatic N) is 2. The molecule has 1 aromatic carbocycles. The number of thiophene rings is 1. The molecule has 2 unspecified atom stereocenters. The molecule has 28 heavy (non-hydrogen) atoms. The van der Waals surface area contributed by atoms with Crippen molar-refractivity contribution >= 4 is 17.3 Å². The van der Waals surface area contributed by atoms with Crippen LogP contribution >= 0.6 is 11.3 Å². The Morgan fingerprint density at radius 3 is 2.96 bits per heavy atom. The molecule has 2 aromatic rings. The lowest BCUT2D eigenvalue weighted by molar-refractivity contribution is -0.0334. The normalized spacial score (nSPS) is 19.2. The predicted octanol–water partition coefficient (Wildman–Crippen LogP) is 2.88. The highest BCUT2D eigenvalue weighted by atomic mass is 32.1. The zero-order valence-corrected chi connectivity index (χ0v) is 17.7. The minimum atomic E-state index is 0.265. The molecule has 1 fully saturated rings. The molecule has 1 aliphatic rings. The van der Waals surface area contributed by atoms with Gasteiger partial charge in [-0.3, -0.25) is 9.89 Å². The van der Waals surface area contributed by atoms with Crippen molar-refractivity contribution in [3.8, 4) is 5.75 Å². The number of methoxy groups -OCH3 is 1. The Bertz CT molecular complexity index is 751. The molecule has 2 N–H and O–H groups in total. The van der Waals surface area contributed by atoms with E-state index in [1.54, 1.807) is 25.5 Å². The minimum absolute atomic E-state index is 0.265. The first kappa shape index (κ1) is 20.6. The Morgan fingerprint density at radius 1 is 1.36 bits per heavy atom. The van der Waals surface area contributed by atoms with E-state index in [-0.39, 0.29) is 6.10 Å². The van der Waals surface area contributed by atoms with Crippen molar-refractivity contribution in [1.82, 2.24) is 15.5 Å². The third kappa shape index (κ3) is 5.70. The first-order valence-corrected chi connectivity index (χ1v) is 10.5.